The van der Waals surface area contributed by atoms with E-state index in [4.69, 9.17) is 9.72 Å². The van der Waals surface area contributed by atoms with Gasteiger partial charge in [-0.15, -0.1) is 0 Å². The van der Waals surface area contributed by atoms with Crippen LogP contribution < -0.4 is 5.32 Å². The number of hydrogen-bond donors (Lipinski definition) is 2. The molecule has 3 rings (SSSR count). The second-order valence-corrected chi connectivity index (χ2v) is 7.77. The number of carbonyl (C=O) groups excluding carboxylic acids is 2. The molecule has 0 unspecified atom stereocenters. The zero-order valence-electron chi connectivity index (χ0n) is 17.3. The van der Waals surface area contributed by atoms with Crippen LogP contribution in [0.15, 0.2) is 25.0 Å². The van der Waals surface area contributed by atoms with Crippen LogP contribution in [0.3, 0.4) is 0 Å². The molecule has 29 heavy (non-hydrogen) atoms. The number of methoxy groups -OCH3 is 1. The van der Waals surface area contributed by atoms with Gasteiger partial charge in [0, 0.05) is 31.9 Å². The Morgan fingerprint density at radius 2 is 2.31 bits per heavy atom. The number of amides is 2. The van der Waals surface area contributed by atoms with Crippen LogP contribution in [0.1, 0.15) is 42.7 Å². The van der Waals surface area contributed by atoms with Crippen molar-refractivity contribution in [2.75, 3.05) is 20.3 Å². The lowest BCUT2D eigenvalue weighted by Gasteiger charge is -2.37. The number of likely N-dealkylation sites (tertiary alicyclic amines) is 1. The van der Waals surface area contributed by atoms with Crippen molar-refractivity contribution in [3.05, 3.63) is 36.3 Å². The molecule has 1 saturated heterocycles. The van der Waals surface area contributed by atoms with Gasteiger partial charge in [-0.2, -0.15) is 0 Å². The van der Waals surface area contributed by atoms with E-state index in [0.29, 0.717) is 29.3 Å². The molecule has 8 heteroatoms. The second kappa shape index (κ2) is 9.17. The molecule has 3 atom stereocenters. The number of aromatic nitrogens is 3. The summed E-state index contributed by atoms with van der Waals surface area (Å²) in [5.41, 5.74) is 2.52. The molecule has 0 bridgehead atoms. The van der Waals surface area contributed by atoms with Crippen molar-refractivity contribution in [2.24, 2.45) is 5.92 Å². The van der Waals surface area contributed by atoms with Gasteiger partial charge in [0.05, 0.1) is 24.1 Å². The summed E-state index contributed by atoms with van der Waals surface area (Å²) in [6, 6.07) is 0.0744. The molecule has 0 aromatic carbocycles. The molecular weight excluding hydrogens is 370 g/mol. The van der Waals surface area contributed by atoms with Crippen LogP contribution in [0.4, 0.5) is 0 Å². The summed E-state index contributed by atoms with van der Waals surface area (Å²) in [5.74, 6) is 0.212. The highest BCUT2D eigenvalue weighted by Gasteiger charge is 2.28. The number of H-pyrrole nitrogens is 1. The van der Waals surface area contributed by atoms with Crippen molar-refractivity contribution >= 4 is 23.0 Å². The third-order valence-electron chi connectivity index (χ3n) is 5.41. The van der Waals surface area contributed by atoms with Crippen LogP contribution >= 0.6 is 0 Å². The highest BCUT2D eigenvalue weighted by molar-refractivity contribution is 6.04. The average Bonchev–Trinajstić information content (AvgIpc) is 3.11. The van der Waals surface area contributed by atoms with Gasteiger partial charge in [0.15, 0.2) is 5.65 Å². The van der Waals surface area contributed by atoms with Gasteiger partial charge in [-0.25, -0.2) is 9.97 Å². The predicted octanol–water partition coefficient (Wildman–Crippen LogP) is 2.08. The first-order valence-electron chi connectivity index (χ1n) is 9.98. The molecule has 8 nitrogen and oxygen atoms in total. The highest BCUT2D eigenvalue weighted by atomic mass is 16.5. The first-order chi connectivity index (χ1) is 13.9. The highest BCUT2D eigenvalue weighted by Crippen LogP contribution is 2.26. The van der Waals surface area contributed by atoms with Gasteiger partial charge in [0.1, 0.15) is 5.52 Å². The number of ether oxygens (including phenoxy) is 1. The lowest BCUT2D eigenvalue weighted by molar-refractivity contribution is -0.129. The number of carbonyl (C=O) groups is 2. The van der Waals surface area contributed by atoms with Gasteiger partial charge in [0.2, 0.25) is 5.91 Å². The number of rotatable bonds is 7. The summed E-state index contributed by atoms with van der Waals surface area (Å²) < 4.78 is 5.07. The topological polar surface area (TPSA) is 100 Å². The van der Waals surface area contributed by atoms with Crippen LogP contribution in [0.2, 0.25) is 0 Å². The van der Waals surface area contributed by atoms with Gasteiger partial charge < -0.3 is 19.9 Å². The Morgan fingerprint density at radius 3 is 3.00 bits per heavy atom. The standard InChI is InChI=1S/C21H29N5O3/c1-5-18(27)26-7-6-15(8-14(26)3)9-16-10-22-20-19(25-16)17(11-23-20)21(28)24-13(2)12-29-4/h5,10-11,13-15H,1,6-9,12H2,2-4H3,(H,22,23)(H,24,28)/t13-,14+,15+/m0/s1. The molecule has 156 valence electrons. The lowest BCUT2D eigenvalue weighted by atomic mass is 9.88. The van der Waals surface area contributed by atoms with E-state index in [1.54, 1.807) is 19.5 Å². The predicted molar refractivity (Wildman–Crippen MR) is 110 cm³/mol. The summed E-state index contributed by atoms with van der Waals surface area (Å²) in [6.07, 6.45) is 7.38. The lowest BCUT2D eigenvalue weighted by Crippen LogP contribution is -2.44. The van der Waals surface area contributed by atoms with Crippen LogP contribution in [-0.2, 0) is 16.0 Å². The molecule has 2 amide bonds. The normalized spacial score (nSPS) is 20.4. The van der Waals surface area contributed by atoms with Gasteiger partial charge in [-0.3, -0.25) is 9.59 Å². The van der Waals surface area contributed by atoms with E-state index in [-0.39, 0.29) is 23.9 Å². The minimum Gasteiger partial charge on any atom is -0.383 e. The number of nitrogens with one attached hydrogen (secondary N) is 2. The molecule has 3 heterocycles. The molecular formula is C21H29N5O3. The summed E-state index contributed by atoms with van der Waals surface area (Å²) >= 11 is 0. The number of piperidine rings is 1. The second-order valence-electron chi connectivity index (χ2n) is 7.77. The molecule has 2 N–H and O–H groups in total. The minimum atomic E-state index is -0.197. The molecule has 0 spiro atoms. The SMILES string of the molecule is C=CC(=O)N1CC[C@@H](Cc2cnc3[nH]cc(C(=O)N[C@@H](C)COC)c3n2)C[C@H]1C. The summed E-state index contributed by atoms with van der Waals surface area (Å²) in [4.78, 5) is 38.5. The van der Waals surface area contributed by atoms with Crippen molar-refractivity contribution in [3.8, 4) is 0 Å². The Hall–Kier alpha value is -2.74. The Bertz CT molecular complexity index is 894. The van der Waals surface area contributed by atoms with Gasteiger partial charge in [-0.1, -0.05) is 6.58 Å². The molecule has 2 aromatic heterocycles. The first kappa shape index (κ1) is 21.0. The number of hydrogen-bond acceptors (Lipinski definition) is 5. The number of nitrogens with zero attached hydrogens (tertiary/aromatic N) is 3. The van der Waals surface area contributed by atoms with Crippen LogP contribution in [0.25, 0.3) is 11.2 Å². The minimum absolute atomic E-state index is 0.0113. The molecule has 1 aliphatic heterocycles. The average molecular weight is 399 g/mol. The van der Waals surface area contributed by atoms with Crippen LogP contribution in [0.5, 0.6) is 0 Å². The third-order valence-corrected chi connectivity index (χ3v) is 5.41. The summed E-state index contributed by atoms with van der Waals surface area (Å²) in [5, 5.41) is 2.91. The maximum atomic E-state index is 12.6. The Balaban J connectivity index is 1.71. The van der Waals surface area contributed by atoms with Gasteiger partial charge in [-0.05, 0) is 45.1 Å². The summed E-state index contributed by atoms with van der Waals surface area (Å²) in [7, 11) is 1.60. The molecule has 0 saturated carbocycles. The maximum Gasteiger partial charge on any atom is 0.255 e. The van der Waals surface area contributed by atoms with Crippen LogP contribution in [-0.4, -0.2) is 64.0 Å². The first-order valence-corrected chi connectivity index (χ1v) is 9.98. The fourth-order valence-electron chi connectivity index (χ4n) is 3.99. The van der Waals surface area contributed by atoms with Crippen molar-refractivity contribution < 1.29 is 14.3 Å². The van der Waals surface area contributed by atoms with Crippen molar-refractivity contribution in [2.45, 2.75) is 45.2 Å². The van der Waals surface area contributed by atoms with Crippen molar-refractivity contribution in [1.82, 2.24) is 25.2 Å². The molecule has 0 aliphatic carbocycles. The van der Waals surface area contributed by atoms with E-state index in [9.17, 15) is 9.59 Å². The fourth-order valence-corrected chi connectivity index (χ4v) is 3.99. The molecule has 2 aromatic rings. The van der Waals surface area contributed by atoms with E-state index in [1.165, 1.54) is 6.08 Å². The van der Waals surface area contributed by atoms with Gasteiger partial charge in [0.25, 0.3) is 5.91 Å². The van der Waals surface area contributed by atoms with Gasteiger partial charge >= 0.3 is 0 Å². The van der Waals surface area contributed by atoms with E-state index >= 15 is 0 Å². The Morgan fingerprint density at radius 1 is 1.52 bits per heavy atom. The molecule has 1 aliphatic rings. The largest absolute Gasteiger partial charge is 0.383 e. The van der Waals surface area contributed by atoms with Crippen molar-refractivity contribution in [3.63, 3.8) is 0 Å². The number of fused-ring (bicyclic) bond motifs is 1. The molecule has 1 fully saturated rings. The third kappa shape index (κ3) is 4.82. The monoisotopic (exact) mass is 399 g/mol. The molecule has 0 radical (unpaired) electrons. The quantitative estimate of drug-likeness (QED) is 0.695. The summed E-state index contributed by atoms with van der Waals surface area (Å²) in [6.45, 7) is 8.70. The zero-order chi connectivity index (χ0) is 21.0. The van der Waals surface area contributed by atoms with Crippen molar-refractivity contribution in [1.29, 1.82) is 0 Å². The smallest absolute Gasteiger partial charge is 0.255 e. The van der Waals surface area contributed by atoms with E-state index in [2.05, 4.69) is 28.8 Å². The Labute approximate surface area is 170 Å². The maximum absolute atomic E-state index is 12.6. The Kier molecular flexibility index (Phi) is 6.64. The number of aromatic amines is 1. The van der Waals surface area contributed by atoms with E-state index in [0.717, 1.165) is 31.5 Å². The zero-order valence-corrected chi connectivity index (χ0v) is 17.3. The fraction of sp³-hybridized carbons (Fsp3) is 0.524. The van der Waals surface area contributed by atoms with Crippen LogP contribution in [0, 0.1) is 5.92 Å². The van der Waals surface area contributed by atoms with E-state index in [1.807, 2.05) is 11.8 Å². The van der Waals surface area contributed by atoms with E-state index < -0.39 is 0 Å².